The van der Waals surface area contributed by atoms with Gasteiger partial charge in [0.2, 0.25) is 0 Å². The first-order chi connectivity index (χ1) is 15.0. The van der Waals surface area contributed by atoms with Crippen molar-refractivity contribution in [2.75, 3.05) is 0 Å². The van der Waals surface area contributed by atoms with Gasteiger partial charge in [0.15, 0.2) is 23.3 Å². The molecule has 2 aromatic rings. The smallest absolute Gasteiger partial charge is 0.314 e. The van der Waals surface area contributed by atoms with Crippen LogP contribution in [0.1, 0.15) is 69.5 Å². The summed E-state index contributed by atoms with van der Waals surface area (Å²) in [6.07, 6.45) is 4.61. The number of benzene rings is 1. The van der Waals surface area contributed by atoms with Gasteiger partial charge in [0.25, 0.3) is 0 Å². The summed E-state index contributed by atoms with van der Waals surface area (Å²) < 4.78 is 62.0. The maximum Gasteiger partial charge on any atom is 0.314 e. The van der Waals surface area contributed by atoms with E-state index in [2.05, 4.69) is 16.5 Å². The number of aromatic nitrogens is 2. The van der Waals surface area contributed by atoms with Gasteiger partial charge < -0.3 is 4.74 Å². The predicted molar refractivity (Wildman–Crippen MR) is 113 cm³/mol. The standard InChI is InChI=1S/C24H28F4N2O2/c1-7-9-15-18(25)20(27)16(21(28)19(15)26)12-32-22(31)17(13(3)4)14-10-29-23(30-11-14)24(5,6)8-2/h7,10-11,13,17H,1,8-9,12H2,2-6H3. The Morgan fingerprint density at radius 1 is 1.06 bits per heavy atom. The molecule has 1 aromatic heterocycles. The zero-order valence-electron chi connectivity index (χ0n) is 18.9. The monoisotopic (exact) mass is 452 g/mol. The minimum atomic E-state index is -1.59. The second kappa shape index (κ2) is 10.2. The molecule has 1 atom stereocenters. The largest absolute Gasteiger partial charge is 0.460 e. The molecule has 0 spiro atoms. The number of halogens is 4. The van der Waals surface area contributed by atoms with Gasteiger partial charge in [0.1, 0.15) is 12.4 Å². The highest BCUT2D eigenvalue weighted by atomic mass is 19.2. The van der Waals surface area contributed by atoms with Gasteiger partial charge in [-0.15, -0.1) is 6.58 Å². The number of allylic oxidation sites excluding steroid dienone is 1. The van der Waals surface area contributed by atoms with E-state index < -0.39 is 52.9 Å². The van der Waals surface area contributed by atoms with Gasteiger partial charge in [-0.1, -0.05) is 40.7 Å². The Morgan fingerprint density at radius 3 is 2.00 bits per heavy atom. The molecule has 0 saturated heterocycles. The zero-order chi connectivity index (χ0) is 24.2. The molecule has 0 bridgehead atoms. The van der Waals surface area contributed by atoms with E-state index in [9.17, 15) is 22.4 Å². The van der Waals surface area contributed by atoms with Crippen LogP contribution in [0.3, 0.4) is 0 Å². The van der Waals surface area contributed by atoms with Crippen LogP contribution in [0.15, 0.2) is 25.0 Å². The number of esters is 1. The lowest BCUT2D eigenvalue weighted by Crippen LogP contribution is -2.24. The molecule has 0 amide bonds. The molecule has 174 valence electrons. The van der Waals surface area contributed by atoms with Gasteiger partial charge in [-0.05, 0) is 18.8 Å². The van der Waals surface area contributed by atoms with Crippen molar-refractivity contribution < 1.29 is 27.1 Å². The molecule has 1 unspecified atom stereocenters. The molecule has 0 N–H and O–H groups in total. The highest BCUT2D eigenvalue weighted by molar-refractivity contribution is 5.78. The zero-order valence-corrected chi connectivity index (χ0v) is 18.9. The summed E-state index contributed by atoms with van der Waals surface area (Å²) in [5.41, 5.74) is -1.52. The molecule has 1 aromatic carbocycles. The maximum atomic E-state index is 14.3. The molecule has 2 rings (SSSR count). The van der Waals surface area contributed by atoms with E-state index in [0.29, 0.717) is 11.4 Å². The summed E-state index contributed by atoms with van der Waals surface area (Å²) in [6.45, 7) is 11.9. The molecule has 0 saturated carbocycles. The average Bonchev–Trinajstić information content (AvgIpc) is 2.75. The fourth-order valence-electron chi connectivity index (χ4n) is 3.21. The molecule has 0 aliphatic heterocycles. The van der Waals surface area contributed by atoms with Crippen LogP contribution in [0, 0.1) is 29.2 Å². The van der Waals surface area contributed by atoms with Crippen LogP contribution in [0.4, 0.5) is 17.6 Å². The Labute approximate surface area is 185 Å². The number of rotatable bonds is 9. The van der Waals surface area contributed by atoms with Crippen molar-refractivity contribution in [2.45, 2.75) is 65.4 Å². The van der Waals surface area contributed by atoms with Crippen LogP contribution in [-0.4, -0.2) is 15.9 Å². The first-order valence-corrected chi connectivity index (χ1v) is 10.4. The van der Waals surface area contributed by atoms with Gasteiger partial charge in [0.05, 0.1) is 11.5 Å². The Kier molecular flexibility index (Phi) is 8.15. The van der Waals surface area contributed by atoms with E-state index in [1.54, 1.807) is 13.8 Å². The molecule has 8 heteroatoms. The predicted octanol–water partition coefficient (Wildman–Crippen LogP) is 5.93. The lowest BCUT2D eigenvalue weighted by atomic mass is 9.88. The molecular formula is C24H28F4N2O2. The van der Waals surface area contributed by atoms with Gasteiger partial charge in [-0.3, -0.25) is 4.79 Å². The second-order valence-corrected chi connectivity index (χ2v) is 8.61. The first-order valence-electron chi connectivity index (χ1n) is 10.4. The topological polar surface area (TPSA) is 52.1 Å². The third-order valence-corrected chi connectivity index (χ3v) is 5.59. The lowest BCUT2D eigenvalue weighted by molar-refractivity contribution is -0.148. The minimum absolute atomic E-state index is 0.243. The fourth-order valence-corrected chi connectivity index (χ4v) is 3.21. The van der Waals surface area contributed by atoms with Crippen molar-refractivity contribution >= 4 is 5.97 Å². The van der Waals surface area contributed by atoms with Crippen LogP contribution >= 0.6 is 0 Å². The number of nitrogens with zero attached hydrogens (tertiary/aromatic N) is 2. The van der Waals surface area contributed by atoms with Gasteiger partial charge in [-0.25, -0.2) is 27.5 Å². The molecule has 0 radical (unpaired) electrons. The normalized spacial score (nSPS) is 12.7. The fraction of sp³-hybridized carbons (Fsp3) is 0.458. The Bertz CT molecular complexity index is 959. The lowest BCUT2D eigenvalue weighted by Gasteiger charge is -2.23. The van der Waals surface area contributed by atoms with E-state index in [4.69, 9.17) is 4.74 Å². The minimum Gasteiger partial charge on any atom is -0.460 e. The van der Waals surface area contributed by atoms with Crippen molar-refractivity contribution in [3.8, 4) is 0 Å². The third kappa shape index (κ3) is 5.16. The molecule has 32 heavy (non-hydrogen) atoms. The van der Waals surface area contributed by atoms with Crippen molar-refractivity contribution in [2.24, 2.45) is 5.92 Å². The average molecular weight is 452 g/mol. The van der Waals surface area contributed by atoms with Crippen molar-refractivity contribution in [1.29, 1.82) is 0 Å². The van der Waals surface area contributed by atoms with Gasteiger partial charge >= 0.3 is 5.97 Å². The van der Waals surface area contributed by atoms with E-state index in [1.807, 2.05) is 20.8 Å². The highest BCUT2D eigenvalue weighted by Gasteiger charge is 2.30. The van der Waals surface area contributed by atoms with Crippen molar-refractivity contribution in [3.05, 3.63) is 70.8 Å². The summed E-state index contributed by atoms with van der Waals surface area (Å²) in [5.74, 6) is -7.51. The van der Waals surface area contributed by atoms with Crippen molar-refractivity contribution in [3.63, 3.8) is 0 Å². The van der Waals surface area contributed by atoms with Crippen LogP contribution in [0.5, 0.6) is 0 Å². The van der Waals surface area contributed by atoms with Gasteiger partial charge in [-0.2, -0.15) is 0 Å². The van der Waals surface area contributed by atoms with Crippen LogP contribution < -0.4 is 0 Å². The SMILES string of the molecule is C=CCc1c(F)c(F)c(COC(=O)C(c2cnc(C(C)(C)CC)nc2)C(C)C)c(F)c1F. The molecule has 0 fully saturated rings. The molecule has 4 nitrogen and oxygen atoms in total. The van der Waals surface area contributed by atoms with Crippen LogP contribution in [0.2, 0.25) is 0 Å². The van der Waals surface area contributed by atoms with E-state index in [1.165, 1.54) is 12.4 Å². The number of hydrogen-bond acceptors (Lipinski definition) is 4. The van der Waals surface area contributed by atoms with E-state index >= 15 is 0 Å². The summed E-state index contributed by atoms with van der Waals surface area (Å²) in [7, 11) is 0. The van der Waals surface area contributed by atoms with Crippen LogP contribution in [0.25, 0.3) is 0 Å². The Hall–Kier alpha value is -2.77. The Balaban J connectivity index is 2.28. The van der Waals surface area contributed by atoms with E-state index in [0.717, 1.165) is 12.5 Å². The molecular weight excluding hydrogens is 424 g/mol. The number of hydrogen-bond donors (Lipinski definition) is 0. The van der Waals surface area contributed by atoms with E-state index in [-0.39, 0.29) is 17.8 Å². The quantitative estimate of drug-likeness (QED) is 0.205. The number of carbonyl (C=O) groups excluding carboxylic acids is 1. The third-order valence-electron chi connectivity index (χ3n) is 5.59. The first kappa shape index (κ1) is 25.5. The summed E-state index contributed by atoms with van der Waals surface area (Å²) in [5, 5.41) is 0. The second-order valence-electron chi connectivity index (χ2n) is 8.61. The van der Waals surface area contributed by atoms with Crippen molar-refractivity contribution in [1.82, 2.24) is 9.97 Å². The van der Waals surface area contributed by atoms with Gasteiger partial charge in [0, 0.05) is 28.9 Å². The molecule has 0 aliphatic carbocycles. The number of ether oxygens (including phenoxy) is 1. The Morgan fingerprint density at radius 2 is 1.56 bits per heavy atom. The summed E-state index contributed by atoms with van der Waals surface area (Å²) in [6, 6.07) is 0. The summed E-state index contributed by atoms with van der Waals surface area (Å²) >= 11 is 0. The summed E-state index contributed by atoms with van der Waals surface area (Å²) in [4.78, 5) is 21.5. The molecule has 1 heterocycles. The molecule has 0 aliphatic rings. The highest BCUT2D eigenvalue weighted by Crippen LogP contribution is 2.30. The number of carbonyl (C=O) groups is 1. The maximum absolute atomic E-state index is 14.3. The van der Waals surface area contributed by atoms with Crippen LogP contribution in [-0.2, 0) is 28.0 Å².